The minimum absolute atomic E-state index is 0.345. The average molecular weight is 232 g/mol. The van der Waals surface area contributed by atoms with Crippen LogP contribution in [-0.4, -0.2) is 31.7 Å². The van der Waals surface area contributed by atoms with E-state index in [2.05, 4.69) is 44.3 Å². The number of aromatic amines is 1. The summed E-state index contributed by atoms with van der Waals surface area (Å²) in [5.74, 6) is 2.32. The molecule has 2 heterocycles. The van der Waals surface area contributed by atoms with Gasteiger partial charge in [0.15, 0.2) is 11.6 Å². The van der Waals surface area contributed by atoms with E-state index in [1.807, 2.05) is 13.0 Å². The summed E-state index contributed by atoms with van der Waals surface area (Å²) in [7, 11) is 0. The summed E-state index contributed by atoms with van der Waals surface area (Å²) < 4.78 is 0. The molecule has 0 saturated carbocycles. The summed E-state index contributed by atoms with van der Waals surface area (Å²) in [5, 5.41) is 9.78. The van der Waals surface area contributed by atoms with Gasteiger partial charge in [-0.25, -0.2) is 15.0 Å². The third-order valence-electron chi connectivity index (χ3n) is 2.32. The van der Waals surface area contributed by atoms with Crippen LogP contribution in [0.15, 0.2) is 12.4 Å². The molecule has 0 aliphatic heterocycles. The van der Waals surface area contributed by atoms with Gasteiger partial charge in [-0.1, -0.05) is 13.8 Å². The Morgan fingerprint density at radius 3 is 2.76 bits per heavy atom. The number of nitrogens with one attached hydrogen (secondary N) is 2. The fourth-order valence-electron chi connectivity index (χ4n) is 1.45. The minimum atomic E-state index is 0.345. The van der Waals surface area contributed by atoms with Crippen LogP contribution >= 0.6 is 0 Å². The highest BCUT2D eigenvalue weighted by molar-refractivity contribution is 5.49. The predicted molar refractivity (Wildman–Crippen MR) is 65.7 cm³/mol. The number of anilines is 1. The molecule has 17 heavy (non-hydrogen) atoms. The lowest BCUT2D eigenvalue weighted by Gasteiger charge is -2.09. The van der Waals surface area contributed by atoms with E-state index in [1.54, 1.807) is 0 Å². The van der Waals surface area contributed by atoms with Gasteiger partial charge in [0.05, 0.1) is 0 Å². The van der Waals surface area contributed by atoms with Crippen LogP contribution < -0.4 is 5.32 Å². The quantitative estimate of drug-likeness (QED) is 0.840. The van der Waals surface area contributed by atoms with Crippen LogP contribution in [0.3, 0.4) is 0 Å². The summed E-state index contributed by atoms with van der Waals surface area (Å²) in [5.41, 5.74) is 0.988. The van der Waals surface area contributed by atoms with Crippen LogP contribution in [0.1, 0.15) is 32.4 Å². The molecule has 0 amide bonds. The number of H-pyrrole nitrogens is 1. The molecule has 0 unspecified atom stereocenters. The van der Waals surface area contributed by atoms with E-state index in [0.717, 1.165) is 18.1 Å². The molecule has 6 nitrogen and oxygen atoms in total. The van der Waals surface area contributed by atoms with Crippen LogP contribution in [-0.2, 0) is 0 Å². The van der Waals surface area contributed by atoms with E-state index in [1.165, 1.54) is 6.33 Å². The molecular weight excluding hydrogens is 216 g/mol. The van der Waals surface area contributed by atoms with Gasteiger partial charge in [0, 0.05) is 18.3 Å². The fraction of sp³-hybridized carbons (Fsp3) is 0.455. The Balaban J connectivity index is 2.44. The molecule has 0 bridgehead atoms. The van der Waals surface area contributed by atoms with Crippen molar-refractivity contribution in [1.29, 1.82) is 0 Å². The highest BCUT2D eigenvalue weighted by Gasteiger charge is 2.10. The molecule has 0 aliphatic rings. The number of hydrogen-bond acceptors (Lipinski definition) is 5. The minimum Gasteiger partial charge on any atom is -0.370 e. The second kappa shape index (κ2) is 4.90. The number of nitrogens with zero attached hydrogens (tertiary/aromatic N) is 4. The molecule has 0 radical (unpaired) electrons. The third kappa shape index (κ3) is 2.58. The Bertz CT molecular complexity index is 477. The molecule has 0 atom stereocenters. The summed E-state index contributed by atoms with van der Waals surface area (Å²) in [6.07, 6.45) is 1.45. The van der Waals surface area contributed by atoms with Crippen molar-refractivity contribution in [3.05, 3.63) is 18.1 Å². The lowest BCUT2D eigenvalue weighted by atomic mass is 10.1. The number of rotatable bonds is 4. The van der Waals surface area contributed by atoms with Crippen molar-refractivity contribution in [3.8, 4) is 11.6 Å². The van der Waals surface area contributed by atoms with E-state index in [0.29, 0.717) is 17.6 Å². The van der Waals surface area contributed by atoms with Crippen molar-refractivity contribution >= 4 is 5.82 Å². The predicted octanol–water partition coefficient (Wildman–Crippen LogP) is 1.82. The number of aromatic nitrogens is 5. The maximum atomic E-state index is 4.47. The Hall–Kier alpha value is -1.98. The smallest absolute Gasteiger partial charge is 0.199 e. The molecule has 0 aliphatic carbocycles. The molecule has 0 fully saturated rings. The topological polar surface area (TPSA) is 79.4 Å². The van der Waals surface area contributed by atoms with Gasteiger partial charge < -0.3 is 5.32 Å². The highest BCUT2D eigenvalue weighted by Crippen LogP contribution is 2.19. The monoisotopic (exact) mass is 232 g/mol. The van der Waals surface area contributed by atoms with E-state index < -0.39 is 0 Å². The zero-order valence-electron chi connectivity index (χ0n) is 10.2. The summed E-state index contributed by atoms with van der Waals surface area (Å²) in [6, 6.07) is 1.97. The zero-order chi connectivity index (χ0) is 12.3. The second-order valence-electron chi connectivity index (χ2n) is 4.02. The van der Waals surface area contributed by atoms with E-state index in [-0.39, 0.29) is 0 Å². The van der Waals surface area contributed by atoms with Crippen molar-refractivity contribution in [3.63, 3.8) is 0 Å². The van der Waals surface area contributed by atoms with Gasteiger partial charge in [0.25, 0.3) is 0 Å². The van der Waals surface area contributed by atoms with Gasteiger partial charge in [0.1, 0.15) is 12.1 Å². The van der Waals surface area contributed by atoms with E-state index >= 15 is 0 Å². The van der Waals surface area contributed by atoms with Gasteiger partial charge >= 0.3 is 0 Å². The second-order valence-corrected chi connectivity index (χ2v) is 4.02. The maximum Gasteiger partial charge on any atom is 0.199 e. The van der Waals surface area contributed by atoms with E-state index in [9.17, 15) is 0 Å². The Kier molecular flexibility index (Phi) is 3.32. The van der Waals surface area contributed by atoms with Crippen LogP contribution in [0.2, 0.25) is 0 Å². The largest absolute Gasteiger partial charge is 0.370 e. The van der Waals surface area contributed by atoms with Gasteiger partial charge in [-0.2, -0.15) is 5.10 Å². The molecule has 0 aromatic carbocycles. The number of hydrogen-bond donors (Lipinski definition) is 2. The van der Waals surface area contributed by atoms with Gasteiger partial charge in [-0.3, -0.25) is 5.10 Å². The van der Waals surface area contributed by atoms with Gasteiger partial charge in [0.2, 0.25) is 0 Å². The lowest BCUT2D eigenvalue weighted by Crippen LogP contribution is -2.05. The van der Waals surface area contributed by atoms with Crippen molar-refractivity contribution in [2.75, 3.05) is 11.9 Å². The van der Waals surface area contributed by atoms with Crippen molar-refractivity contribution in [1.82, 2.24) is 25.1 Å². The fourth-order valence-corrected chi connectivity index (χ4v) is 1.45. The molecule has 6 heteroatoms. The Morgan fingerprint density at radius 1 is 1.35 bits per heavy atom. The van der Waals surface area contributed by atoms with E-state index in [4.69, 9.17) is 0 Å². The Labute approximate surface area is 99.9 Å². The standard InChI is InChI=1S/C11H16N6/c1-4-12-9-5-8(7(2)3)15-11(16-9)10-13-6-14-17-10/h5-7H,4H2,1-3H3,(H,12,15,16)(H,13,14,17). The first-order valence-electron chi connectivity index (χ1n) is 5.69. The molecule has 2 aromatic rings. The third-order valence-corrected chi connectivity index (χ3v) is 2.32. The summed E-state index contributed by atoms with van der Waals surface area (Å²) in [6.45, 7) is 7.06. The van der Waals surface area contributed by atoms with Crippen LogP contribution in [0.4, 0.5) is 5.82 Å². The van der Waals surface area contributed by atoms with Crippen LogP contribution in [0, 0.1) is 0 Å². The van der Waals surface area contributed by atoms with Gasteiger partial charge in [-0.15, -0.1) is 0 Å². The first-order chi connectivity index (χ1) is 8.20. The van der Waals surface area contributed by atoms with Gasteiger partial charge in [-0.05, 0) is 12.8 Å². The molecule has 2 aromatic heterocycles. The lowest BCUT2D eigenvalue weighted by molar-refractivity contribution is 0.814. The molecule has 0 saturated heterocycles. The van der Waals surface area contributed by atoms with Crippen molar-refractivity contribution < 1.29 is 0 Å². The zero-order valence-corrected chi connectivity index (χ0v) is 10.2. The van der Waals surface area contributed by atoms with Crippen LogP contribution in [0.25, 0.3) is 11.6 Å². The normalized spacial score (nSPS) is 10.8. The summed E-state index contributed by atoms with van der Waals surface area (Å²) in [4.78, 5) is 12.9. The molecule has 0 spiro atoms. The molecule has 90 valence electrons. The molecule has 2 rings (SSSR count). The first-order valence-corrected chi connectivity index (χ1v) is 5.69. The summed E-state index contributed by atoms with van der Waals surface area (Å²) >= 11 is 0. The maximum absolute atomic E-state index is 4.47. The SMILES string of the molecule is CCNc1cc(C(C)C)nc(-c2ncn[nH]2)n1. The molecular formula is C11H16N6. The Morgan fingerprint density at radius 2 is 2.18 bits per heavy atom. The highest BCUT2D eigenvalue weighted by atomic mass is 15.2. The van der Waals surface area contributed by atoms with Crippen molar-refractivity contribution in [2.45, 2.75) is 26.7 Å². The molecule has 2 N–H and O–H groups in total. The first kappa shape index (κ1) is 11.5. The average Bonchev–Trinajstić information content (AvgIpc) is 2.82. The van der Waals surface area contributed by atoms with Crippen molar-refractivity contribution in [2.24, 2.45) is 0 Å². The van der Waals surface area contributed by atoms with Crippen LogP contribution in [0.5, 0.6) is 0 Å².